The Morgan fingerprint density at radius 1 is 0.975 bits per heavy atom. The van der Waals surface area contributed by atoms with E-state index in [1.165, 1.54) is 0 Å². The SMILES string of the molecule is CCCCCCN(C(=O)C(NC(=O)OC(C)(C)C)C(C)C)C(C(=O)NCCC(=O)OCC)c1ccc(C)c(C)c1. The van der Waals surface area contributed by atoms with Crippen LogP contribution >= 0.6 is 0 Å². The highest BCUT2D eigenvalue weighted by molar-refractivity contribution is 5.92. The summed E-state index contributed by atoms with van der Waals surface area (Å²) in [6, 6.07) is 3.86. The van der Waals surface area contributed by atoms with Crippen molar-refractivity contribution in [3.8, 4) is 0 Å². The molecule has 1 aromatic rings. The molecule has 0 bridgehead atoms. The minimum absolute atomic E-state index is 0.0263. The maximum Gasteiger partial charge on any atom is 0.408 e. The van der Waals surface area contributed by atoms with Crippen LogP contribution in [0.3, 0.4) is 0 Å². The van der Waals surface area contributed by atoms with Crippen LogP contribution in [-0.4, -0.2) is 60.1 Å². The Labute approximate surface area is 240 Å². The Morgan fingerprint density at radius 3 is 2.20 bits per heavy atom. The molecular formula is C31H51N3O6. The van der Waals surface area contributed by atoms with Crippen molar-refractivity contribution in [2.24, 2.45) is 5.92 Å². The lowest BCUT2D eigenvalue weighted by molar-refractivity contribution is -0.144. The third-order valence-electron chi connectivity index (χ3n) is 6.48. The first-order valence-electron chi connectivity index (χ1n) is 14.5. The number of ether oxygens (including phenoxy) is 2. The molecule has 40 heavy (non-hydrogen) atoms. The maximum absolute atomic E-state index is 14.2. The summed E-state index contributed by atoms with van der Waals surface area (Å²) >= 11 is 0. The number of aryl methyl sites for hydroxylation is 2. The minimum atomic E-state index is -0.947. The summed E-state index contributed by atoms with van der Waals surface area (Å²) in [6.07, 6.45) is 2.97. The van der Waals surface area contributed by atoms with Crippen molar-refractivity contribution < 1.29 is 28.7 Å². The van der Waals surface area contributed by atoms with Crippen molar-refractivity contribution in [1.29, 1.82) is 0 Å². The zero-order valence-corrected chi connectivity index (χ0v) is 26.0. The summed E-state index contributed by atoms with van der Waals surface area (Å²) in [5.74, 6) is -1.41. The van der Waals surface area contributed by atoms with Gasteiger partial charge in [-0.05, 0) is 70.6 Å². The van der Waals surface area contributed by atoms with E-state index in [0.717, 1.165) is 30.4 Å². The highest BCUT2D eigenvalue weighted by Crippen LogP contribution is 2.26. The Hall–Kier alpha value is -3.10. The molecule has 0 aliphatic carbocycles. The highest BCUT2D eigenvalue weighted by atomic mass is 16.6. The lowest BCUT2D eigenvalue weighted by Gasteiger charge is -2.36. The first-order valence-corrected chi connectivity index (χ1v) is 14.5. The molecular weight excluding hydrogens is 510 g/mol. The van der Waals surface area contributed by atoms with E-state index in [1.807, 2.05) is 45.9 Å². The van der Waals surface area contributed by atoms with Gasteiger partial charge in [0.1, 0.15) is 17.7 Å². The van der Waals surface area contributed by atoms with E-state index in [0.29, 0.717) is 18.5 Å². The number of carbonyl (C=O) groups excluding carboxylic acids is 4. The van der Waals surface area contributed by atoms with E-state index >= 15 is 0 Å². The Morgan fingerprint density at radius 2 is 1.65 bits per heavy atom. The van der Waals surface area contributed by atoms with Crippen molar-refractivity contribution in [2.75, 3.05) is 19.7 Å². The highest BCUT2D eigenvalue weighted by Gasteiger charge is 2.37. The minimum Gasteiger partial charge on any atom is -0.466 e. The molecule has 0 fully saturated rings. The molecule has 9 nitrogen and oxygen atoms in total. The molecule has 3 amide bonds. The second kappa shape index (κ2) is 16.9. The summed E-state index contributed by atoms with van der Waals surface area (Å²) in [5, 5.41) is 5.58. The number of esters is 1. The number of unbranched alkanes of at least 4 members (excludes halogenated alkanes) is 3. The van der Waals surface area contributed by atoms with Crippen molar-refractivity contribution in [1.82, 2.24) is 15.5 Å². The fraction of sp³-hybridized carbons (Fsp3) is 0.677. The monoisotopic (exact) mass is 561 g/mol. The van der Waals surface area contributed by atoms with Gasteiger partial charge in [-0.3, -0.25) is 14.4 Å². The van der Waals surface area contributed by atoms with Crippen LogP contribution in [0.15, 0.2) is 18.2 Å². The Balaban J connectivity index is 3.46. The van der Waals surface area contributed by atoms with Crippen molar-refractivity contribution >= 4 is 23.9 Å². The van der Waals surface area contributed by atoms with E-state index < -0.39 is 35.7 Å². The quantitative estimate of drug-likeness (QED) is 0.220. The number of nitrogens with one attached hydrogen (secondary N) is 2. The second-order valence-electron chi connectivity index (χ2n) is 11.6. The average Bonchev–Trinajstić information content (AvgIpc) is 2.84. The third-order valence-corrected chi connectivity index (χ3v) is 6.48. The summed E-state index contributed by atoms with van der Waals surface area (Å²) < 4.78 is 10.4. The molecule has 0 saturated carbocycles. The summed E-state index contributed by atoms with van der Waals surface area (Å²) in [6.45, 7) is 17.4. The summed E-state index contributed by atoms with van der Waals surface area (Å²) in [7, 11) is 0. The van der Waals surface area contributed by atoms with Gasteiger partial charge in [-0.25, -0.2) is 4.79 Å². The first-order chi connectivity index (χ1) is 18.7. The van der Waals surface area contributed by atoms with Crippen LogP contribution in [0.5, 0.6) is 0 Å². The zero-order chi connectivity index (χ0) is 30.5. The number of alkyl carbamates (subject to hydrolysis) is 1. The van der Waals surface area contributed by atoms with Gasteiger partial charge in [-0.15, -0.1) is 0 Å². The Bertz CT molecular complexity index is 986. The van der Waals surface area contributed by atoms with Gasteiger partial charge in [0.2, 0.25) is 11.8 Å². The molecule has 9 heteroatoms. The molecule has 0 heterocycles. The van der Waals surface area contributed by atoms with E-state index in [-0.39, 0.29) is 31.4 Å². The van der Waals surface area contributed by atoms with Crippen LogP contribution in [0.25, 0.3) is 0 Å². The fourth-order valence-electron chi connectivity index (χ4n) is 4.23. The molecule has 226 valence electrons. The number of rotatable bonds is 15. The average molecular weight is 562 g/mol. The van der Waals surface area contributed by atoms with E-state index in [9.17, 15) is 19.2 Å². The van der Waals surface area contributed by atoms with Gasteiger partial charge in [0, 0.05) is 13.1 Å². The maximum atomic E-state index is 14.2. The second-order valence-corrected chi connectivity index (χ2v) is 11.6. The van der Waals surface area contributed by atoms with Crippen LogP contribution in [0.1, 0.15) is 103 Å². The smallest absolute Gasteiger partial charge is 0.408 e. The lowest BCUT2D eigenvalue weighted by atomic mass is 9.96. The van der Waals surface area contributed by atoms with Gasteiger partial charge in [0.15, 0.2) is 0 Å². The van der Waals surface area contributed by atoms with E-state index in [2.05, 4.69) is 17.6 Å². The lowest BCUT2D eigenvalue weighted by Crippen LogP contribution is -2.55. The number of amides is 3. The van der Waals surface area contributed by atoms with Gasteiger partial charge in [-0.2, -0.15) is 0 Å². The molecule has 0 spiro atoms. The molecule has 2 unspecified atom stereocenters. The molecule has 2 N–H and O–H groups in total. The Kier molecular flexibility index (Phi) is 14.7. The van der Waals surface area contributed by atoms with Crippen LogP contribution in [0, 0.1) is 19.8 Å². The van der Waals surface area contributed by atoms with E-state index in [4.69, 9.17) is 9.47 Å². The molecule has 0 saturated heterocycles. The largest absolute Gasteiger partial charge is 0.466 e. The van der Waals surface area contributed by atoms with Crippen LogP contribution in [0.4, 0.5) is 4.79 Å². The fourth-order valence-corrected chi connectivity index (χ4v) is 4.23. The van der Waals surface area contributed by atoms with Crippen molar-refractivity contribution in [3.63, 3.8) is 0 Å². The molecule has 0 radical (unpaired) electrons. The van der Waals surface area contributed by atoms with Crippen molar-refractivity contribution in [2.45, 2.75) is 112 Å². The van der Waals surface area contributed by atoms with Gasteiger partial charge >= 0.3 is 12.1 Å². The number of carbonyl (C=O) groups is 4. The molecule has 0 aliphatic heterocycles. The summed E-state index contributed by atoms with van der Waals surface area (Å²) in [4.78, 5) is 54.1. The van der Waals surface area contributed by atoms with Gasteiger partial charge < -0.3 is 25.0 Å². The van der Waals surface area contributed by atoms with Crippen LogP contribution in [0.2, 0.25) is 0 Å². The molecule has 0 aromatic heterocycles. The summed E-state index contributed by atoms with van der Waals surface area (Å²) in [5.41, 5.74) is 2.00. The molecule has 0 aliphatic rings. The molecule has 2 atom stereocenters. The van der Waals surface area contributed by atoms with Crippen LogP contribution in [-0.2, 0) is 23.9 Å². The number of benzene rings is 1. The third kappa shape index (κ3) is 12.0. The molecule has 1 rings (SSSR count). The normalized spacial score (nSPS) is 12.8. The number of hydrogen-bond acceptors (Lipinski definition) is 6. The molecule has 1 aromatic carbocycles. The topological polar surface area (TPSA) is 114 Å². The predicted molar refractivity (Wildman–Crippen MR) is 157 cm³/mol. The standard InChI is InChI=1S/C31H51N3O6/c1-10-12-13-14-19-34(29(37)26(21(3)4)33-30(38)40-31(7,8)9)27(24-16-15-22(5)23(6)20-24)28(36)32-18-17-25(35)39-11-2/h15-16,20-21,26-27H,10-14,17-19H2,1-9H3,(H,32,36)(H,33,38). The number of nitrogens with zero attached hydrogens (tertiary/aromatic N) is 1. The first kappa shape index (κ1) is 34.9. The van der Waals surface area contributed by atoms with Gasteiger partial charge in [0.25, 0.3) is 0 Å². The number of hydrogen-bond donors (Lipinski definition) is 2. The predicted octanol–water partition coefficient (Wildman–Crippen LogP) is 5.37. The van der Waals surface area contributed by atoms with Crippen molar-refractivity contribution in [3.05, 3.63) is 34.9 Å². The van der Waals surface area contributed by atoms with Crippen LogP contribution < -0.4 is 10.6 Å². The zero-order valence-electron chi connectivity index (χ0n) is 26.0. The van der Waals surface area contributed by atoms with Gasteiger partial charge in [-0.1, -0.05) is 58.2 Å². The van der Waals surface area contributed by atoms with Gasteiger partial charge in [0.05, 0.1) is 13.0 Å². The van der Waals surface area contributed by atoms with E-state index in [1.54, 1.807) is 32.6 Å².